The predicted octanol–water partition coefficient (Wildman–Crippen LogP) is 1.78. The van der Waals surface area contributed by atoms with Crippen LogP contribution in [0.2, 0.25) is 0 Å². The molecule has 1 fully saturated rings. The Morgan fingerprint density at radius 2 is 2.20 bits per heavy atom. The molecular weight excluding hydrogens is 208 g/mol. The van der Waals surface area contributed by atoms with E-state index < -0.39 is 0 Å². The summed E-state index contributed by atoms with van der Waals surface area (Å²) in [6.07, 6.45) is 5.06. The Hall–Kier alpha value is -0.680. The van der Waals surface area contributed by atoms with Crippen LogP contribution >= 0.6 is 11.3 Å². The molecular formula is C10H18N4S. The molecule has 1 aliphatic carbocycles. The summed E-state index contributed by atoms with van der Waals surface area (Å²) < 4.78 is 0. The number of hydrogen-bond acceptors (Lipinski definition) is 5. The van der Waals surface area contributed by atoms with Crippen LogP contribution in [-0.4, -0.2) is 22.8 Å². The van der Waals surface area contributed by atoms with Crippen molar-refractivity contribution in [2.24, 2.45) is 11.7 Å². The van der Waals surface area contributed by atoms with Gasteiger partial charge in [-0.25, -0.2) is 0 Å². The molecule has 4 nitrogen and oxygen atoms in total. The first-order valence-electron chi connectivity index (χ1n) is 5.56. The minimum Gasteiger partial charge on any atom is -0.357 e. The van der Waals surface area contributed by atoms with Crippen LogP contribution in [0.4, 0.5) is 5.13 Å². The summed E-state index contributed by atoms with van der Waals surface area (Å²) in [7, 11) is 0. The fourth-order valence-electron chi connectivity index (χ4n) is 2.19. The summed E-state index contributed by atoms with van der Waals surface area (Å²) in [5, 5.41) is 13.5. The van der Waals surface area contributed by atoms with Crippen LogP contribution < -0.4 is 11.1 Å². The highest BCUT2D eigenvalue weighted by Crippen LogP contribution is 2.27. The van der Waals surface area contributed by atoms with E-state index in [1.807, 2.05) is 6.92 Å². The lowest BCUT2D eigenvalue weighted by Crippen LogP contribution is -2.36. The van der Waals surface area contributed by atoms with E-state index in [1.54, 1.807) is 11.3 Å². The van der Waals surface area contributed by atoms with Gasteiger partial charge in [-0.3, -0.25) is 0 Å². The number of anilines is 1. The molecule has 0 saturated heterocycles. The first kappa shape index (κ1) is 10.8. The Kier molecular flexibility index (Phi) is 3.53. The van der Waals surface area contributed by atoms with E-state index >= 15 is 0 Å². The standard InChI is InChI=1S/C10H18N4S/c1-7-13-14-10(15-7)12-9-5-3-2-4-8(9)6-11/h8-9H,2-6,11H2,1H3,(H,12,14). The Bertz CT molecular complexity index is 312. The maximum absolute atomic E-state index is 5.78. The van der Waals surface area contributed by atoms with Gasteiger partial charge in [0.15, 0.2) is 0 Å². The van der Waals surface area contributed by atoms with E-state index in [2.05, 4.69) is 15.5 Å². The van der Waals surface area contributed by atoms with Gasteiger partial charge in [0.05, 0.1) is 0 Å². The summed E-state index contributed by atoms with van der Waals surface area (Å²) in [5.74, 6) is 0.600. The van der Waals surface area contributed by atoms with Crippen LogP contribution in [0.15, 0.2) is 0 Å². The Balaban J connectivity index is 1.97. The molecule has 5 heteroatoms. The third-order valence-electron chi connectivity index (χ3n) is 3.05. The van der Waals surface area contributed by atoms with E-state index in [9.17, 15) is 0 Å². The Morgan fingerprint density at radius 3 is 2.87 bits per heavy atom. The molecule has 0 radical (unpaired) electrons. The molecule has 1 heterocycles. The van der Waals surface area contributed by atoms with E-state index in [0.717, 1.165) is 16.7 Å². The summed E-state index contributed by atoms with van der Waals surface area (Å²) in [4.78, 5) is 0. The summed E-state index contributed by atoms with van der Waals surface area (Å²) in [6, 6.07) is 0.496. The van der Waals surface area contributed by atoms with E-state index in [0.29, 0.717) is 12.0 Å². The zero-order valence-corrected chi connectivity index (χ0v) is 9.89. The third-order valence-corrected chi connectivity index (χ3v) is 3.82. The van der Waals surface area contributed by atoms with Gasteiger partial charge in [0.2, 0.25) is 5.13 Å². The predicted molar refractivity (Wildman–Crippen MR) is 63.1 cm³/mol. The van der Waals surface area contributed by atoms with Crippen molar-refractivity contribution in [3.63, 3.8) is 0 Å². The Labute approximate surface area is 94.3 Å². The van der Waals surface area contributed by atoms with E-state index in [4.69, 9.17) is 5.73 Å². The normalized spacial score (nSPS) is 26.5. The lowest BCUT2D eigenvalue weighted by Gasteiger charge is -2.30. The molecule has 1 saturated carbocycles. The van der Waals surface area contributed by atoms with Crippen LogP contribution in [0.5, 0.6) is 0 Å². The Morgan fingerprint density at radius 1 is 1.40 bits per heavy atom. The zero-order valence-electron chi connectivity index (χ0n) is 9.07. The summed E-state index contributed by atoms with van der Waals surface area (Å²) >= 11 is 1.62. The minimum absolute atomic E-state index is 0.496. The smallest absolute Gasteiger partial charge is 0.205 e. The first-order valence-corrected chi connectivity index (χ1v) is 6.38. The molecule has 84 valence electrons. The molecule has 1 aliphatic rings. The maximum atomic E-state index is 5.78. The number of hydrogen-bond donors (Lipinski definition) is 2. The second-order valence-electron chi connectivity index (χ2n) is 4.16. The monoisotopic (exact) mass is 226 g/mol. The minimum atomic E-state index is 0.496. The van der Waals surface area contributed by atoms with Crippen molar-refractivity contribution in [1.29, 1.82) is 0 Å². The van der Waals surface area contributed by atoms with Crippen LogP contribution in [0.3, 0.4) is 0 Å². The largest absolute Gasteiger partial charge is 0.357 e. The molecule has 0 aliphatic heterocycles. The average Bonchev–Trinajstić information content (AvgIpc) is 2.65. The number of aromatic nitrogens is 2. The van der Waals surface area contributed by atoms with Crippen molar-refractivity contribution in [1.82, 2.24) is 10.2 Å². The number of nitrogens with zero attached hydrogens (tertiary/aromatic N) is 2. The molecule has 2 atom stereocenters. The van der Waals surface area contributed by atoms with Crippen molar-refractivity contribution in [2.75, 3.05) is 11.9 Å². The highest BCUT2D eigenvalue weighted by atomic mass is 32.1. The van der Waals surface area contributed by atoms with Crippen molar-refractivity contribution >= 4 is 16.5 Å². The topological polar surface area (TPSA) is 63.8 Å². The first-order chi connectivity index (χ1) is 7.29. The molecule has 15 heavy (non-hydrogen) atoms. The van der Waals surface area contributed by atoms with Crippen LogP contribution in [-0.2, 0) is 0 Å². The third kappa shape index (κ3) is 2.66. The number of aryl methyl sites for hydroxylation is 1. The second-order valence-corrected chi connectivity index (χ2v) is 5.34. The molecule has 2 unspecified atom stereocenters. The van der Waals surface area contributed by atoms with Crippen molar-refractivity contribution in [2.45, 2.75) is 38.6 Å². The zero-order chi connectivity index (χ0) is 10.7. The van der Waals surface area contributed by atoms with Crippen LogP contribution in [0.25, 0.3) is 0 Å². The molecule has 1 aromatic rings. The fourth-order valence-corrected chi connectivity index (χ4v) is 2.85. The van der Waals surface area contributed by atoms with Gasteiger partial charge in [0.1, 0.15) is 5.01 Å². The van der Waals surface area contributed by atoms with Gasteiger partial charge < -0.3 is 11.1 Å². The average molecular weight is 226 g/mol. The van der Waals surface area contributed by atoms with Crippen molar-refractivity contribution < 1.29 is 0 Å². The second kappa shape index (κ2) is 4.90. The summed E-state index contributed by atoms with van der Waals surface area (Å²) in [5.41, 5.74) is 5.78. The highest BCUT2D eigenvalue weighted by molar-refractivity contribution is 7.15. The van der Waals surface area contributed by atoms with Crippen LogP contribution in [0, 0.1) is 12.8 Å². The molecule has 0 aromatic carbocycles. The van der Waals surface area contributed by atoms with Gasteiger partial charge in [0, 0.05) is 6.04 Å². The van der Waals surface area contributed by atoms with Gasteiger partial charge in [-0.2, -0.15) is 0 Å². The highest BCUT2D eigenvalue weighted by Gasteiger charge is 2.24. The van der Waals surface area contributed by atoms with Crippen molar-refractivity contribution in [3.8, 4) is 0 Å². The molecule has 2 rings (SSSR count). The fraction of sp³-hybridized carbons (Fsp3) is 0.800. The summed E-state index contributed by atoms with van der Waals surface area (Å²) in [6.45, 7) is 2.75. The number of rotatable bonds is 3. The SMILES string of the molecule is Cc1nnc(NC2CCCCC2CN)s1. The molecule has 0 amide bonds. The maximum Gasteiger partial charge on any atom is 0.205 e. The lowest BCUT2D eigenvalue weighted by molar-refractivity contribution is 0.332. The number of nitrogens with two attached hydrogens (primary N) is 1. The van der Waals surface area contributed by atoms with E-state index in [-0.39, 0.29) is 0 Å². The molecule has 0 spiro atoms. The molecule has 0 bridgehead atoms. The lowest BCUT2D eigenvalue weighted by atomic mass is 9.85. The van der Waals surface area contributed by atoms with Gasteiger partial charge in [-0.05, 0) is 32.2 Å². The van der Waals surface area contributed by atoms with Gasteiger partial charge in [-0.1, -0.05) is 24.2 Å². The quantitative estimate of drug-likeness (QED) is 0.824. The number of nitrogens with one attached hydrogen (secondary N) is 1. The molecule has 3 N–H and O–H groups in total. The molecule has 1 aromatic heterocycles. The van der Waals surface area contributed by atoms with E-state index in [1.165, 1.54) is 25.7 Å². The van der Waals surface area contributed by atoms with Gasteiger partial charge in [-0.15, -0.1) is 10.2 Å². The van der Waals surface area contributed by atoms with Crippen LogP contribution in [0.1, 0.15) is 30.7 Å². The van der Waals surface area contributed by atoms with Crippen molar-refractivity contribution in [3.05, 3.63) is 5.01 Å². The van der Waals surface area contributed by atoms with Gasteiger partial charge in [0.25, 0.3) is 0 Å². The van der Waals surface area contributed by atoms with Gasteiger partial charge >= 0.3 is 0 Å².